The van der Waals surface area contributed by atoms with Crippen molar-refractivity contribution in [1.82, 2.24) is 0 Å². The van der Waals surface area contributed by atoms with Crippen molar-refractivity contribution in [3.63, 3.8) is 0 Å². The number of carboxylic acid groups (broad SMARTS) is 1. The molecule has 1 aliphatic heterocycles. The number of rotatable bonds is 7. The second-order valence-electron chi connectivity index (χ2n) is 12.3. The van der Waals surface area contributed by atoms with Crippen LogP contribution in [-0.4, -0.2) is 53.6 Å². The van der Waals surface area contributed by atoms with E-state index in [1.54, 1.807) is 6.07 Å². The molecule has 4 rings (SSSR count). The number of hydrogen-bond donors (Lipinski definition) is 3. The van der Waals surface area contributed by atoms with Crippen LogP contribution in [0.3, 0.4) is 0 Å². The summed E-state index contributed by atoms with van der Waals surface area (Å²) in [5.74, 6) is 5.10. The number of nitrogens with one attached hydrogen (secondary N) is 1. The molecule has 1 aromatic rings. The molecule has 1 amide bonds. The SMILES string of the molecule is CC1=CC[C@@](C(=O)Nc2cc(C#CC(C)(C)C)sc2C(=O)O)(C2CCC(O)(CO[C@H]3CCOC3)CC2)CC1. The van der Waals surface area contributed by atoms with Gasteiger partial charge in [0.05, 0.1) is 40.9 Å². The highest BCUT2D eigenvalue weighted by atomic mass is 32.1. The van der Waals surface area contributed by atoms with Gasteiger partial charge in [0.15, 0.2) is 0 Å². The number of anilines is 1. The van der Waals surface area contributed by atoms with Crippen LogP contribution in [0.5, 0.6) is 0 Å². The van der Waals surface area contributed by atoms with E-state index >= 15 is 0 Å². The van der Waals surface area contributed by atoms with Crippen LogP contribution in [0.1, 0.15) is 93.6 Å². The molecule has 0 unspecified atom stereocenters. The van der Waals surface area contributed by atoms with Gasteiger partial charge < -0.3 is 25.0 Å². The summed E-state index contributed by atoms with van der Waals surface area (Å²) in [6.07, 6.45) is 7.82. The number of carboxylic acids is 1. The lowest BCUT2D eigenvalue weighted by Gasteiger charge is -2.46. The Bertz CT molecular complexity index is 1120. The fourth-order valence-electron chi connectivity index (χ4n) is 5.71. The van der Waals surface area contributed by atoms with E-state index in [9.17, 15) is 19.8 Å². The molecule has 2 heterocycles. The highest BCUT2D eigenvalue weighted by Crippen LogP contribution is 2.50. The van der Waals surface area contributed by atoms with Crippen LogP contribution < -0.4 is 5.32 Å². The Balaban J connectivity index is 1.51. The predicted octanol–water partition coefficient (Wildman–Crippen LogP) is 5.63. The van der Waals surface area contributed by atoms with Gasteiger partial charge in [0.25, 0.3) is 0 Å². The average molecular weight is 544 g/mol. The van der Waals surface area contributed by atoms with E-state index in [-0.39, 0.29) is 28.2 Å². The summed E-state index contributed by atoms with van der Waals surface area (Å²) >= 11 is 1.09. The summed E-state index contributed by atoms with van der Waals surface area (Å²) in [5, 5.41) is 24.0. The smallest absolute Gasteiger partial charge is 0.348 e. The molecule has 208 valence electrons. The molecular weight excluding hydrogens is 502 g/mol. The van der Waals surface area contributed by atoms with Crippen LogP contribution in [0.15, 0.2) is 17.7 Å². The van der Waals surface area contributed by atoms with E-state index in [0.29, 0.717) is 56.1 Å². The van der Waals surface area contributed by atoms with Gasteiger partial charge in [0.2, 0.25) is 5.91 Å². The van der Waals surface area contributed by atoms with E-state index in [1.165, 1.54) is 5.57 Å². The lowest BCUT2D eigenvalue weighted by molar-refractivity contribution is -0.136. The zero-order chi connectivity index (χ0) is 27.6. The fourth-order valence-corrected chi connectivity index (χ4v) is 6.52. The van der Waals surface area contributed by atoms with Crippen molar-refractivity contribution in [3.05, 3.63) is 27.5 Å². The van der Waals surface area contributed by atoms with Crippen molar-refractivity contribution in [1.29, 1.82) is 0 Å². The number of carbonyl (C=O) groups excluding carboxylic acids is 1. The van der Waals surface area contributed by atoms with Crippen molar-refractivity contribution < 1.29 is 29.3 Å². The Hall–Kier alpha value is -2.18. The summed E-state index contributed by atoms with van der Waals surface area (Å²) in [4.78, 5) is 26.7. The molecule has 2 fully saturated rings. The van der Waals surface area contributed by atoms with Crippen molar-refractivity contribution in [3.8, 4) is 11.8 Å². The number of aromatic carboxylic acids is 1. The Morgan fingerprint density at radius 3 is 2.55 bits per heavy atom. The molecule has 0 spiro atoms. The Kier molecular flexibility index (Phi) is 8.73. The predicted molar refractivity (Wildman–Crippen MR) is 148 cm³/mol. The van der Waals surface area contributed by atoms with Crippen LogP contribution in [-0.2, 0) is 14.3 Å². The lowest BCUT2D eigenvalue weighted by Crippen LogP contribution is -2.48. The van der Waals surface area contributed by atoms with E-state index in [4.69, 9.17) is 9.47 Å². The summed E-state index contributed by atoms with van der Waals surface area (Å²) in [6, 6.07) is 1.69. The Morgan fingerprint density at radius 2 is 1.97 bits per heavy atom. The first-order valence-corrected chi connectivity index (χ1v) is 14.5. The number of carbonyl (C=O) groups is 2. The van der Waals surface area contributed by atoms with E-state index in [0.717, 1.165) is 37.0 Å². The topological polar surface area (TPSA) is 105 Å². The zero-order valence-electron chi connectivity index (χ0n) is 23.0. The van der Waals surface area contributed by atoms with Crippen molar-refractivity contribution in [2.24, 2.45) is 16.7 Å². The molecule has 7 nitrogen and oxygen atoms in total. The standard InChI is InChI=1S/C30H41NO6S/c1-20-5-14-30(15-6-20,21-7-12-29(35,13-8-21)19-37-22-10-16-36-18-22)27(34)31-24-17-23(9-11-28(2,3)4)38-25(24)26(32)33/h5,17,21-22,35H,6-8,10,12-16,18-19H2,1-4H3,(H,31,34)(H,32,33)/t21?,22-,29?,30-/m0/s1. The van der Waals surface area contributed by atoms with Gasteiger partial charge in [-0.25, -0.2) is 4.79 Å². The third-order valence-electron chi connectivity index (χ3n) is 8.14. The highest BCUT2D eigenvalue weighted by molar-refractivity contribution is 7.15. The van der Waals surface area contributed by atoms with E-state index < -0.39 is 17.0 Å². The van der Waals surface area contributed by atoms with E-state index in [2.05, 4.69) is 30.2 Å². The van der Waals surface area contributed by atoms with Crippen molar-refractivity contribution in [2.45, 2.75) is 90.8 Å². The number of thiophene rings is 1. The molecule has 1 saturated heterocycles. The summed E-state index contributed by atoms with van der Waals surface area (Å²) in [6.45, 7) is 9.66. The minimum absolute atomic E-state index is 0.0485. The van der Waals surface area contributed by atoms with Gasteiger partial charge in [-0.2, -0.15) is 0 Å². The Labute approximate surface area is 230 Å². The number of hydrogen-bond acceptors (Lipinski definition) is 6. The molecule has 0 bridgehead atoms. The number of allylic oxidation sites excluding steroid dienone is 2. The van der Waals surface area contributed by atoms with Gasteiger partial charge in [-0.15, -0.1) is 11.3 Å². The molecular formula is C30H41NO6S. The van der Waals surface area contributed by atoms with Crippen LogP contribution in [0.25, 0.3) is 0 Å². The molecule has 3 N–H and O–H groups in total. The molecule has 0 radical (unpaired) electrons. The van der Waals surface area contributed by atoms with Crippen LogP contribution in [0.4, 0.5) is 5.69 Å². The molecule has 0 aromatic carbocycles. The van der Waals surface area contributed by atoms with Crippen molar-refractivity contribution in [2.75, 3.05) is 25.1 Å². The normalized spacial score (nSPS) is 29.8. The maximum Gasteiger partial charge on any atom is 0.348 e. The maximum atomic E-state index is 14.0. The minimum Gasteiger partial charge on any atom is -0.477 e. The van der Waals surface area contributed by atoms with Crippen LogP contribution in [0.2, 0.25) is 0 Å². The minimum atomic E-state index is -1.07. The molecule has 8 heteroatoms. The quantitative estimate of drug-likeness (QED) is 0.304. The third-order valence-corrected chi connectivity index (χ3v) is 9.18. The highest BCUT2D eigenvalue weighted by Gasteiger charge is 2.49. The number of amides is 1. The third kappa shape index (κ3) is 6.87. The average Bonchev–Trinajstić information content (AvgIpc) is 3.52. The molecule has 3 aliphatic rings. The second kappa shape index (κ2) is 11.5. The molecule has 38 heavy (non-hydrogen) atoms. The summed E-state index contributed by atoms with van der Waals surface area (Å²) in [7, 11) is 0. The summed E-state index contributed by atoms with van der Waals surface area (Å²) < 4.78 is 11.3. The van der Waals surface area contributed by atoms with Gasteiger partial charge in [0.1, 0.15) is 4.88 Å². The largest absolute Gasteiger partial charge is 0.477 e. The van der Waals surface area contributed by atoms with Gasteiger partial charge in [-0.05, 0) is 91.0 Å². The van der Waals surface area contributed by atoms with Gasteiger partial charge in [-0.3, -0.25) is 4.79 Å². The zero-order valence-corrected chi connectivity index (χ0v) is 23.8. The van der Waals surface area contributed by atoms with Crippen LogP contribution >= 0.6 is 11.3 Å². The molecule has 1 aromatic heterocycles. The first kappa shape index (κ1) is 28.8. The van der Waals surface area contributed by atoms with Gasteiger partial charge >= 0.3 is 5.97 Å². The Morgan fingerprint density at radius 1 is 1.24 bits per heavy atom. The monoisotopic (exact) mass is 543 g/mol. The van der Waals surface area contributed by atoms with Gasteiger partial charge in [0, 0.05) is 12.0 Å². The van der Waals surface area contributed by atoms with Crippen LogP contribution in [0, 0.1) is 28.6 Å². The number of aliphatic hydroxyl groups is 1. The number of ether oxygens (including phenoxy) is 2. The molecule has 2 atom stereocenters. The fraction of sp³-hybridized carbons (Fsp3) is 0.667. The van der Waals surface area contributed by atoms with E-state index in [1.807, 2.05) is 20.8 Å². The first-order valence-electron chi connectivity index (χ1n) is 13.7. The van der Waals surface area contributed by atoms with Crippen molar-refractivity contribution >= 4 is 28.9 Å². The molecule has 1 saturated carbocycles. The maximum absolute atomic E-state index is 14.0. The summed E-state index contributed by atoms with van der Waals surface area (Å²) in [5.41, 5.74) is -0.158. The first-order chi connectivity index (χ1) is 17.9. The second-order valence-corrected chi connectivity index (χ2v) is 13.4. The van der Waals surface area contributed by atoms with Gasteiger partial charge in [-0.1, -0.05) is 23.5 Å². The molecule has 2 aliphatic carbocycles. The lowest BCUT2D eigenvalue weighted by atomic mass is 9.60.